The van der Waals surface area contributed by atoms with Crippen LogP contribution in [0.2, 0.25) is 5.02 Å². The zero-order chi connectivity index (χ0) is 19.9. The van der Waals surface area contributed by atoms with Crippen LogP contribution in [0.4, 0.5) is 0 Å². The third-order valence-corrected chi connectivity index (χ3v) is 8.96. The fourth-order valence-electron chi connectivity index (χ4n) is 5.19. The van der Waals surface area contributed by atoms with Gasteiger partial charge in [-0.2, -0.15) is 10.1 Å². The standard InChI is InChI=1S/C20H14ClN3O3S2/c21-9-3-1-8(2-4-9)7-22-24-18(25)14-10-5-12(15(14)19(24)26)16-11(10)6-13-17(29-16)23-20(27)28-13/h1-4,6-7,10,12,14-16H,5H2,(H,23,27)/b22-7-/t10-,12-,14+,15+,16-/m1/s1. The number of halogens is 1. The Morgan fingerprint density at radius 1 is 1.14 bits per heavy atom. The van der Waals surface area contributed by atoms with Crippen molar-refractivity contribution >= 4 is 58.8 Å². The molecule has 1 aromatic heterocycles. The lowest BCUT2D eigenvalue weighted by Gasteiger charge is -2.32. The van der Waals surface area contributed by atoms with E-state index in [2.05, 4.69) is 16.2 Å². The highest BCUT2D eigenvalue weighted by Crippen LogP contribution is 2.64. The molecule has 1 N–H and O–H groups in total. The molecule has 2 aliphatic heterocycles. The molecule has 2 aromatic rings. The number of imide groups is 1. The topological polar surface area (TPSA) is 82.6 Å². The molecule has 2 bridgehead atoms. The van der Waals surface area contributed by atoms with Crippen molar-refractivity contribution in [2.24, 2.45) is 28.8 Å². The van der Waals surface area contributed by atoms with Gasteiger partial charge in [-0.1, -0.05) is 52.4 Å². The lowest BCUT2D eigenvalue weighted by atomic mass is 9.77. The molecular formula is C20H14ClN3O3S2. The molecule has 0 spiro atoms. The Kier molecular flexibility index (Phi) is 3.76. The Morgan fingerprint density at radius 2 is 1.90 bits per heavy atom. The minimum atomic E-state index is -0.338. The van der Waals surface area contributed by atoms with Gasteiger partial charge in [-0.3, -0.25) is 14.4 Å². The van der Waals surface area contributed by atoms with Gasteiger partial charge in [-0.15, -0.1) is 0 Å². The first-order valence-electron chi connectivity index (χ1n) is 9.30. The number of benzene rings is 1. The first kappa shape index (κ1) is 17.7. The van der Waals surface area contributed by atoms with Crippen LogP contribution < -0.4 is 4.87 Å². The highest BCUT2D eigenvalue weighted by atomic mass is 35.5. The number of hydrogen-bond donors (Lipinski definition) is 1. The molecule has 2 aliphatic carbocycles. The lowest BCUT2D eigenvalue weighted by molar-refractivity contribution is -0.140. The smallest absolute Gasteiger partial charge is 0.305 e. The number of carbonyl (C=O) groups excluding carboxylic acids is 2. The number of aromatic amines is 1. The summed E-state index contributed by atoms with van der Waals surface area (Å²) in [7, 11) is 0. The molecule has 9 heteroatoms. The van der Waals surface area contributed by atoms with Crippen LogP contribution in [-0.4, -0.2) is 33.3 Å². The Balaban J connectivity index is 1.32. The Labute approximate surface area is 178 Å². The maximum absolute atomic E-state index is 13.1. The molecule has 6 nitrogen and oxygen atoms in total. The number of aromatic nitrogens is 1. The van der Waals surface area contributed by atoms with Crippen LogP contribution in [0.3, 0.4) is 0 Å². The predicted octanol–water partition coefficient (Wildman–Crippen LogP) is 3.23. The number of thioether (sulfide) groups is 1. The number of fused-ring (bicyclic) bond motifs is 9. The van der Waals surface area contributed by atoms with Crippen LogP contribution in [0.1, 0.15) is 16.9 Å². The fourth-order valence-corrected chi connectivity index (χ4v) is 7.75. The number of rotatable bonds is 2. The summed E-state index contributed by atoms with van der Waals surface area (Å²) in [5, 5.41) is 6.92. The summed E-state index contributed by atoms with van der Waals surface area (Å²) in [6.45, 7) is 0. The van der Waals surface area contributed by atoms with Crippen LogP contribution in [0.25, 0.3) is 6.08 Å². The minimum absolute atomic E-state index is 0.0556. The molecule has 3 heterocycles. The maximum atomic E-state index is 13.1. The van der Waals surface area contributed by atoms with E-state index in [4.69, 9.17) is 11.6 Å². The number of hydrogen-bond acceptors (Lipinski definition) is 6. The van der Waals surface area contributed by atoms with Gasteiger partial charge in [0.15, 0.2) is 0 Å². The first-order valence-corrected chi connectivity index (χ1v) is 11.4. The van der Waals surface area contributed by atoms with Crippen LogP contribution in [-0.2, 0) is 9.59 Å². The SMILES string of the molecule is O=C1[C@@H]2[C@@H](C(=O)N1/N=C\c1ccc(Cl)cc1)[C@H]1C[C@@H]2C2=Cc3sc(=O)[nH]c3S[C@H]21. The van der Waals surface area contributed by atoms with Gasteiger partial charge in [0.2, 0.25) is 0 Å². The molecule has 29 heavy (non-hydrogen) atoms. The van der Waals surface area contributed by atoms with E-state index in [1.54, 1.807) is 36.0 Å². The molecular weight excluding hydrogens is 430 g/mol. The number of hydrazone groups is 1. The van der Waals surface area contributed by atoms with E-state index in [-0.39, 0.29) is 45.6 Å². The number of H-pyrrole nitrogens is 1. The molecule has 6 rings (SSSR count). The summed E-state index contributed by atoms with van der Waals surface area (Å²) in [6, 6.07) is 7.05. The summed E-state index contributed by atoms with van der Waals surface area (Å²) in [4.78, 5) is 41.6. The molecule has 146 valence electrons. The number of nitrogens with zero attached hydrogens (tertiary/aromatic N) is 2. The van der Waals surface area contributed by atoms with Crippen molar-refractivity contribution in [1.29, 1.82) is 0 Å². The van der Waals surface area contributed by atoms with E-state index < -0.39 is 0 Å². The quantitative estimate of drug-likeness (QED) is 0.570. The van der Waals surface area contributed by atoms with Crippen LogP contribution in [0.5, 0.6) is 0 Å². The van der Waals surface area contributed by atoms with Gasteiger partial charge in [-0.05, 0) is 42.0 Å². The van der Waals surface area contributed by atoms with E-state index >= 15 is 0 Å². The molecule has 2 amide bonds. The van der Waals surface area contributed by atoms with Crippen molar-refractivity contribution in [3.05, 3.63) is 55.0 Å². The first-order chi connectivity index (χ1) is 14.0. The molecule has 5 atom stereocenters. The monoisotopic (exact) mass is 443 g/mol. The predicted molar refractivity (Wildman–Crippen MR) is 112 cm³/mol. The summed E-state index contributed by atoms with van der Waals surface area (Å²) >= 11 is 8.72. The van der Waals surface area contributed by atoms with Gasteiger partial charge in [0.25, 0.3) is 11.8 Å². The molecule has 1 saturated heterocycles. The van der Waals surface area contributed by atoms with E-state index in [0.717, 1.165) is 26.9 Å². The van der Waals surface area contributed by atoms with Gasteiger partial charge in [-0.25, -0.2) is 0 Å². The van der Waals surface area contributed by atoms with Crippen LogP contribution in [0.15, 0.2) is 44.8 Å². The van der Waals surface area contributed by atoms with E-state index in [1.165, 1.54) is 23.1 Å². The third-order valence-electron chi connectivity index (χ3n) is 6.32. The Morgan fingerprint density at radius 3 is 2.69 bits per heavy atom. The van der Waals surface area contributed by atoms with Gasteiger partial charge >= 0.3 is 4.87 Å². The number of nitrogens with one attached hydrogen (secondary N) is 1. The van der Waals surface area contributed by atoms with E-state index in [1.807, 2.05) is 0 Å². The second-order valence-corrected chi connectivity index (χ2v) is 10.3. The zero-order valence-corrected chi connectivity index (χ0v) is 17.3. The Bertz CT molecular complexity index is 1180. The van der Waals surface area contributed by atoms with Gasteiger partial charge in [0, 0.05) is 10.3 Å². The van der Waals surface area contributed by atoms with Crippen molar-refractivity contribution in [1.82, 2.24) is 9.99 Å². The minimum Gasteiger partial charge on any atom is -0.307 e. The normalized spacial score (nSPS) is 32.0. The van der Waals surface area contributed by atoms with Crippen molar-refractivity contribution < 1.29 is 9.59 Å². The molecule has 0 radical (unpaired) electrons. The highest BCUT2D eigenvalue weighted by molar-refractivity contribution is 8.00. The van der Waals surface area contributed by atoms with Gasteiger partial charge in [0.1, 0.15) is 0 Å². The van der Waals surface area contributed by atoms with E-state index in [0.29, 0.717) is 5.02 Å². The van der Waals surface area contributed by atoms with Crippen LogP contribution in [0, 0.1) is 23.7 Å². The average molecular weight is 444 g/mol. The lowest BCUT2D eigenvalue weighted by Crippen LogP contribution is -2.34. The van der Waals surface area contributed by atoms with Crippen LogP contribution >= 0.6 is 34.7 Å². The van der Waals surface area contributed by atoms with Crippen molar-refractivity contribution in [3.8, 4) is 0 Å². The maximum Gasteiger partial charge on any atom is 0.305 e. The molecule has 0 unspecified atom stereocenters. The Hall–Kier alpha value is -2.16. The van der Waals surface area contributed by atoms with E-state index in [9.17, 15) is 14.4 Å². The number of thiazole rings is 1. The number of carbonyl (C=O) groups is 2. The third kappa shape index (κ3) is 2.49. The fraction of sp³-hybridized carbons (Fsp3) is 0.300. The van der Waals surface area contributed by atoms with Gasteiger partial charge < -0.3 is 4.98 Å². The summed E-state index contributed by atoms with van der Waals surface area (Å²) in [5.41, 5.74) is 1.98. The molecule has 3 fully saturated rings. The second-order valence-electron chi connectivity index (χ2n) is 7.73. The zero-order valence-electron chi connectivity index (χ0n) is 14.9. The second kappa shape index (κ2) is 6.17. The van der Waals surface area contributed by atoms with Crippen molar-refractivity contribution in [2.45, 2.75) is 16.7 Å². The highest BCUT2D eigenvalue weighted by Gasteiger charge is 2.66. The van der Waals surface area contributed by atoms with Crippen molar-refractivity contribution in [3.63, 3.8) is 0 Å². The molecule has 2 saturated carbocycles. The number of amides is 2. The average Bonchev–Trinajstić information content (AvgIpc) is 3.41. The summed E-state index contributed by atoms with van der Waals surface area (Å²) in [6.07, 6.45) is 4.44. The summed E-state index contributed by atoms with van der Waals surface area (Å²) in [5.74, 6) is -0.922. The largest absolute Gasteiger partial charge is 0.307 e. The molecule has 4 aliphatic rings. The van der Waals surface area contributed by atoms with Gasteiger partial charge in [0.05, 0.1) is 28.0 Å². The van der Waals surface area contributed by atoms with Crippen molar-refractivity contribution in [2.75, 3.05) is 0 Å². The molecule has 1 aromatic carbocycles. The summed E-state index contributed by atoms with van der Waals surface area (Å²) < 4.78 is 0.